The standard InChI is InChI=1S/C14H23N3/c1-11-8-13(4-5-14(11)15)17(3)10-12-6-7-16(2)9-12/h4-5,8,12H,6-7,9-10,15H2,1-3H3. The Balaban J connectivity index is 1.99. The molecular weight excluding hydrogens is 210 g/mol. The number of hydrogen-bond acceptors (Lipinski definition) is 3. The Hall–Kier alpha value is -1.22. The van der Waals surface area contributed by atoms with Gasteiger partial charge in [-0.05, 0) is 56.6 Å². The Kier molecular flexibility index (Phi) is 3.57. The van der Waals surface area contributed by atoms with Gasteiger partial charge in [-0.15, -0.1) is 0 Å². The van der Waals surface area contributed by atoms with E-state index < -0.39 is 0 Å². The van der Waals surface area contributed by atoms with Crippen molar-refractivity contribution in [2.45, 2.75) is 13.3 Å². The zero-order valence-corrected chi connectivity index (χ0v) is 11.1. The third kappa shape index (κ3) is 2.91. The van der Waals surface area contributed by atoms with Crippen molar-refractivity contribution < 1.29 is 0 Å². The molecule has 0 bridgehead atoms. The molecule has 0 aliphatic carbocycles. The van der Waals surface area contributed by atoms with E-state index in [0.717, 1.165) is 23.7 Å². The van der Waals surface area contributed by atoms with E-state index in [4.69, 9.17) is 5.73 Å². The van der Waals surface area contributed by atoms with Gasteiger partial charge in [-0.3, -0.25) is 0 Å². The SMILES string of the molecule is Cc1cc(N(C)CC2CCN(C)C2)ccc1N. The first kappa shape index (κ1) is 12.2. The highest BCUT2D eigenvalue weighted by atomic mass is 15.1. The Morgan fingerprint density at radius 3 is 2.82 bits per heavy atom. The van der Waals surface area contributed by atoms with Crippen LogP contribution >= 0.6 is 0 Å². The molecule has 1 aromatic carbocycles. The fraction of sp³-hybridized carbons (Fsp3) is 0.571. The molecule has 0 amide bonds. The fourth-order valence-corrected chi connectivity index (χ4v) is 2.57. The maximum atomic E-state index is 5.85. The van der Waals surface area contributed by atoms with Crippen molar-refractivity contribution in [2.75, 3.05) is 44.4 Å². The summed E-state index contributed by atoms with van der Waals surface area (Å²) < 4.78 is 0. The van der Waals surface area contributed by atoms with Crippen molar-refractivity contribution in [1.82, 2.24) is 4.90 Å². The molecule has 1 unspecified atom stereocenters. The third-order valence-electron chi connectivity index (χ3n) is 3.72. The minimum absolute atomic E-state index is 0.794. The van der Waals surface area contributed by atoms with Crippen LogP contribution in [0.3, 0.4) is 0 Å². The highest BCUT2D eigenvalue weighted by molar-refractivity contribution is 5.57. The molecule has 0 spiro atoms. The topological polar surface area (TPSA) is 32.5 Å². The van der Waals surface area contributed by atoms with Crippen LogP contribution in [0.1, 0.15) is 12.0 Å². The number of anilines is 2. The number of nitrogens with zero attached hydrogens (tertiary/aromatic N) is 2. The summed E-state index contributed by atoms with van der Waals surface area (Å²) in [6.45, 7) is 5.65. The highest BCUT2D eigenvalue weighted by Gasteiger charge is 2.20. The lowest BCUT2D eigenvalue weighted by Crippen LogP contribution is -2.27. The molecule has 1 fully saturated rings. The van der Waals surface area contributed by atoms with Gasteiger partial charge in [0.25, 0.3) is 0 Å². The van der Waals surface area contributed by atoms with E-state index in [2.05, 4.69) is 43.0 Å². The molecule has 1 aliphatic heterocycles. The average molecular weight is 233 g/mol. The van der Waals surface area contributed by atoms with Crippen molar-refractivity contribution in [2.24, 2.45) is 5.92 Å². The lowest BCUT2D eigenvalue weighted by molar-refractivity contribution is 0.396. The van der Waals surface area contributed by atoms with Gasteiger partial charge in [-0.1, -0.05) is 0 Å². The van der Waals surface area contributed by atoms with E-state index in [0.29, 0.717) is 0 Å². The molecule has 94 valence electrons. The predicted octanol–water partition coefficient (Wildman–Crippen LogP) is 1.97. The quantitative estimate of drug-likeness (QED) is 0.810. The van der Waals surface area contributed by atoms with E-state index in [1.807, 2.05) is 6.07 Å². The fourth-order valence-electron chi connectivity index (χ4n) is 2.57. The molecule has 1 atom stereocenters. The van der Waals surface area contributed by atoms with Gasteiger partial charge in [0.1, 0.15) is 0 Å². The second-order valence-electron chi connectivity index (χ2n) is 5.34. The molecule has 1 saturated heterocycles. The molecule has 2 N–H and O–H groups in total. The van der Waals surface area contributed by atoms with Gasteiger partial charge in [-0.25, -0.2) is 0 Å². The van der Waals surface area contributed by atoms with Crippen LogP contribution in [0.15, 0.2) is 18.2 Å². The zero-order chi connectivity index (χ0) is 12.4. The van der Waals surface area contributed by atoms with Gasteiger partial charge in [0, 0.05) is 31.5 Å². The Morgan fingerprint density at radius 2 is 2.24 bits per heavy atom. The summed E-state index contributed by atoms with van der Waals surface area (Å²) in [7, 11) is 4.37. The van der Waals surface area contributed by atoms with Crippen molar-refractivity contribution >= 4 is 11.4 Å². The van der Waals surface area contributed by atoms with Gasteiger partial charge in [-0.2, -0.15) is 0 Å². The molecule has 1 aromatic rings. The minimum Gasteiger partial charge on any atom is -0.399 e. The Bertz CT molecular complexity index is 389. The highest BCUT2D eigenvalue weighted by Crippen LogP contribution is 2.22. The summed E-state index contributed by atoms with van der Waals surface area (Å²) in [6.07, 6.45) is 1.31. The van der Waals surface area contributed by atoms with Crippen molar-refractivity contribution in [1.29, 1.82) is 0 Å². The predicted molar refractivity (Wildman–Crippen MR) is 74.5 cm³/mol. The molecule has 3 nitrogen and oxygen atoms in total. The van der Waals surface area contributed by atoms with Crippen LogP contribution < -0.4 is 10.6 Å². The molecule has 0 aromatic heterocycles. The lowest BCUT2D eigenvalue weighted by atomic mass is 10.1. The Morgan fingerprint density at radius 1 is 1.47 bits per heavy atom. The smallest absolute Gasteiger partial charge is 0.0367 e. The van der Waals surface area contributed by atoms with Crippen molar-refractivity contribution in [3.63, 3.8) is 0 Å². The molecule has 2 rings (SSSR count). The molecule has 3 heteroatoms. The first-order chi connectivity index (χ1) is 8.06. The largest absolute Gasteiger partial charge is 0.399 e. The number of benzene rings is 1. The number of nitrogens with two attached hydrogens (primary N) is 1. The number of nitrogen functional groups attached to an aromatic ring is 1. The number of likely N-dealkylation sites (tertiary alicyclic amines) is 1. The number of hydrogen-bond donors (Lipinski definition) is 1. The molecule has 1 aliphatic rings. The maximum absolute atomic E-state index is 5.85. The van der Waals surface area contributed by atoms with E-state index in [1.54, 1.807) is 0 Å². The summed E-state index contributed by atoms with van der Waals surface area (Å²) >= 11 is 0. The van der Waals surface area contributed by atoms with Crippen LogP contribution in [-0.4, -0.2) is 38.6 Å². The Labute approximate surface area is 104 Å². The van der Waals surface area contributed by atoms with Crippen LogP contribution in [0.5, 0.6) is 0 Å². The van der Waals surface area contributed by atoms with Crippen LogP contribution in [0.25, 0.3) is 0 Å². The molecule has 0 radical (unpaired) electrons. The lowest BCUT2D eigenvalue weighted by Gasteiger charge is -2.23. The van der Waals surface area contributed by atoms with Gasteiger partial charge in [0.15, 0.2) is 0 Å². The third-order valence-corrected chi connectivity index (χ3v) is 3.72. The van der Waals surface area contributed by atoms with Gasteiger partial charge in [0.05, 0.1) is 0 Å². The summed E-state index contributed by atoms with van der Waals surface area (Å²) in [5.41, 5.74) is 9.16. The van der Waals surface area contributed by atoms with Crippen LogP contribution in [0, 0.1) is 12.8 Å². The summed E-state index contributed by atoms with van der Waals surface area (Å²) in [5.74, 6) is 0.794. The second kappa shape index (κ2) is 4.96. The van der Waals surface area contributed by atoms with E-state index in [9.17, 15) is 0 Å². The van der Waals surface area contributed by atoms with Crippen molar-refractivity contribution in [3.05, 3.63) is 23.8 Å². The minimum atomic E-state index is 0.794. The molecule has 17 heavy (non-hydrogen) atoms. The average Bonchev–Trinajstić information content (AvgIpc) is 2.68. The van der Waals surface area contributed by atoms with Crippen LogP contribution in [-0.2, 0) is 0 Å². The van der Waals surface area contributed by atoms with E-state index in [-0.39, 0.29) is 0 Å². The monoisotopic (exact) mass is 233 g/mol. The number of aryl methyl sites for hydroxylation is 1. The zero-order valence-electron chi connectivity index (χ0n) is 11.1. The molecule has 1 heterocycles. The van der Waals surface area contributed by atoms with Gasteiger partial charge < -0.3 is 15.5 Å². The summed E-state index contributed by atoms with van der Waals surface area (Å²) in [5, 5.41) is 0. The van der Waals surface area contributed by atoms with Gasteiger partial charge in [0.2, 0.25) is 0 Å². The van der Waals surface area contributed by atoms with Crippen LogP contribution in [0.4, 0.5) is 11.4 Å². The van der Waals surface area contributed by atoms with Gasteiger partial charge >= 0.3 is 0 Å². The van der Waals surface area contributed by atoms with Crippen molar-refractivity contribution in [3.8, 4) is 0 Å². The first-order valence-corrected chi connectivity index (χ1v) is 6.32. The summed E-state index contributed by atoms with van der Waals surface area (Å²) in [4.78, 5) is 4.75. The maximum Gasteiger partial charge on any atom is 0.0367 e. The van der Waals surface area contributed by atoms with E-state index in [1.165, 1.54) is 25.2 Å². The van der Waals surface area contributed by atoms with E-state index >= 15 is 0 Å². The first-order valence-electron chi connectivity index (χ1n) is 6.32. The van der Waals surface area contributed by atoms with Crippen LogP contribution in [0.2, 0.25) is 0 Å². The summed E-state index contributed by atoms with van der Waals surface area (Å²) in [6, 6.07) is 6.29. The second-order valence-corrected chi connectivity index (χ2v) is 5.34. The normalized spacial score (nSPS) is 20.8. The molecular formula is C14H23N3. The molecule has 0 saturated carbocycles. The number of rotatable bonds is 3.